The summed E-state index contributed by atoms with van der Waals surface area (Å²) in [5.41, 5.74) is 7.38. The van der Waals surface area contributed by atoms with E-state index in [1.165, 1.54) is 4.68 Å². The molecule has 20 heavy (non-hydrogen) atoms. The van der Waals surface area contributed by atoms with Gasteiger partial charge in [0.15, 0.2) is 0 Å². The van der Waals surface area contributed by atoms with E-state index in [0.29, 0.717) is 5.69 Å². The van der Waals surface area contributed by atoms with Crippen LogP contribution in [0, 0.1) is 11.3 Å². The standard InChI is InChI=1S/C13H14N4O2S/c1-20(18,19)8-7-17-13(15)11(9-14)12(16-17)10-5-3-2-4-6-10/h2-6H,7-8,15H2,1H3. The van der Waals surface area contributed by atoms with E-state index in [0.717, 1.165) is 11.8 Å². The molecule has 0 bridgehead atoms. The fourth-order valence-electron chi connectivity index (χ4n) is 1.81. The highest BCUT2D eigenvalue weighted by Gasteiger charge is 2.17. The zero-order chi connectivity index (χ0) is 14.8. The van der Waals surface area contributed by atoms with Crippen LogP contribution in [0.25, 0.3) is 11.3 Å². The summed E-state index contributed by atoms with van der Waals surface area (Å²) in [5.74, 6) is 0.118. The summed E-state index contributed by atoms with van der Waals surface area (Å²) in [5, 5.41) is 13.5. The first kappa shape index (κ1) is 14.1. The molecule has 1 heterocycles. The molecule has 0 aliphatic rings. The number of anilines is 1. The maximum absolute atomic E-state index is 11.2. The van der Waals surface area contributed by atoms with Crippen LogP contribution in [0.2, 0.25) is 0 Å². The zero-order valence-corrected chi connectivity index (χ0v) is 11.8. The minimum atomic E-state index is -3.11. The van der Waals surface area contributed by atoms with Gasteiger partial charge in [-0.15, -0.1) is 0 Å². The van der Waals surface area contributed by atoms with Gasteiger partial charge >= 0.3 is 0 Å². The van der Waals surface area contributed by atoms with Gasteiger partial charge in [-0.2, -0.15) is 10.4 Å². The predicted molar refractivity (Wildman–Crippen MR) is 76.5 cm³/mol. The van der Waals surface area contributed by atoms with Gasteiger partial charge in [0, 0.05) is 11.8 Å². The molecule has 0 saturated heterocycles. The molecule has 0 amide bonds. The maximum Gasteiger partial charge on any atom is 0.149 e. The molecule has 1 aromatic heterocycles. The smallest absolute Gasteiger partial charge is 0.149 e. The second-order valence-electron chi connectivity index (χ2n) is 4.44. The molecule has 0 saturated carbocycles. The van der Waals surface area contributed by atoms with Crippen molar-refractivity contribution in [1.82, 2.24) is 9.78 Å². The first-order chi connectivity index (χ1) is 9.42. The summed E-state index contributed by atoms with van der Waals surface area (Å²) < 4.78 is 23.8. The van der Waals surface area contributed by atoms with E-state index < -0.39 is 9.84 Å². The fraction of sp³-hybridized carbons (Fsp3) is 0.231. The molecule has 7 heteroatoms. The molecule has 0 atom stereocenters. The van der Waals surface area contributed by atoms with Crippen molar-refractivity contribution in [3.8, 4) is 17.3 Å². The van der Waals surface area contributed by atoms with Gasteiger partial charge in [-0.3, -0.25) is 0 Å². The van der Waals surface area contributed by atoms with Crippen LogP contribution in [0.5, 0.6) is 0 Å². The Bertz CT molecular complexity index is 758. The Morgan fingerprint density at radius 2 is 2.00 bits per heavy atom. The van der Waals surface area contributed by atoms with Crippen LogP contribution in [0.15, 0.2) is 30.3 Å². The highest BCUT2D eigenvalue weighted by atomic mass is 32.2. The molecule has 6 nitrogen and oxygen atoms in total. The van der Waals surface area contributed by atoms with Gasteiger partial charge in [-0.25, -0.2) is 13.1 Å². The summed E-state index contributed by atoms with van der Waals surface area (Å²) in [6.45, 7) is 0.131. The van der Waals surface area contributed by atoms with Gasteiger partial charge in [0.25, 0.3) is 0 Å². The molecule has 2 aromatic rings. The zero-order valence-electron chi connectivity index (χ0n) is 10.9. The van der Waals surface area contributed by atoms with Crippen molar-refractivity contribution >= 4 is 15.7 Å². The van der Waals surface area contributed by atoms with Crippen molar-refractivity contribution in [2.45, 2.75) is 6.54 Å². The topological polar surface area (TPSA) is 102 Å². The van der Waals surface area contributed by atoms with Gasteiger partial charge in [0.1, 0.15) is 33.0 Å². The van der Waals surface area contributed by atoms with Crippen molar-refractivity contribution in [3.05, 3.63) is 35.9 Å². The minimum Gasteiger partial charge on any atom is -0.383 e. The SMILES string of the molecule is CS(=O)(=O)CCn1nc(-c2ccccc2)c(C#N)c1N. The Labute approximate surface area is 117 Å². The summed E-state index contributed by atoms with van der Waals surface area (Å²) in [4.78, 5) is 0. The number of nitrogens with zero attached hydrogens (tertiary/aromatic N) is 3. The fourth-order valence-corrected chi connectivity index (χ4v) is 2.31. The Kier molecular flexibility index (Phi) is 3.77. The van der Waals surface area contributed by atoms with E-state index in [2.05, 4.69) is 5.10 Å². The number of rotatable bonds is 4. The minimum absolute atomic E-state index is 0.0715. The molecule has 0 aliphatic heterocycles. The third kappa shape index (κ3) is 2.97. The van der Waals surface area contributed by atoms with E-state index in [-0.39, 0.29) is 23.7 Å². The number of aromatic nitrogens is 2. The number of hydrogen-bond acceptors (Lipinski definition) is 5. The third-order valence-electron chi connectivity index (χ3n) is 2.82. The van der Waals surface area contributed by atoms with Crippen LogP contribution in [0.3, 0.4) is 0 Å². The second-order valence-corrected chi connectivity index (χ2v) is 6.70. The summed E-state index contributed by atoms with van der Waals surface area (Å²) in [6, 6.07) is 11.2. The van der Waals surface area contributed by atoms with Crippen molar-refractivity contribution in [1.29, 1.82) is 5.26 Å². The van der Waals surface area contributed by atoms with E-state index in [1.807, 2.05) is 36.4 Å². The molecule has 0 radical (unpaired) electrons. The van der Waals surface area contributed by atoms with Crippen LogP contribution in [0.1, 0.15) is 5.56 Å². The Morgan fingerprint density at radius 1 is 1.35 bits per heavy atom. The van der Waals surface area contributed by atoms with E-state index in [9.17, 15) is 13.7 Å². The first-order valence-electron chi connectivity index (χ1n) is 5.92. The average molecular weight is 290 g/mol. The van der Waals surface area contributed by atoms with Crippen LogP contribution < -0.4 is 5.73 Å². The first-order valence-corrected chi connectivity index (χ1v) is 7.98. The molecule has 0 fully saturated rings. The van der Waals surface area contributed by atoms with Crippen LogP contribution in [-0.2, 0) is 16.4 Å². The van der Waals surface area contributed by atoms with Gasteiger partial charge in [-0.05, 0) is 0 Å². The normalized spacial score (nSPS) is 11.2. The highest BCUT2D eigenvalue weighted by Crippen LogP contribution is 2.26. The molecular weight excluding hydrogens is 276 g/mol. The van der Waals surface area contributed by atoms with E-state index in [1.54, 1.807) is 0 Å². The van der Waals surface area contributed by atoms with Gasteiger partial charge in [0.05, 0.1) is 12.3 Å². The number of aryl methyl sites for hydroxylation is 1. The largest absolute Gasteiger partial charge is 0.383 e. The second kappa shape index (κ2) is 5.35. The number of nitrogen functional groups attached to an aromatic ring is 1. The molecule has 104 valence electrons. The maximum atomic E-state index is 11.2. The molecule has 0 aliphatic carbocycles. The number of nitriles is 1. The summed E-state index contributed by atoms with van der Waals surface area (Å²) in [7, 11) is -3.11. The highest BCUT2D eigenvalue weighted by molar-refractivity contribution is 7.90. The number of sulfone groups is 1. The van der Waals surface area contributed by atoms with Gasteiger partial charge < -0.3 is 5.73 Å². The molecule has 0 spiro atoms. The molecule has 2 rings (SSSR count). The Hall–Kier alpha value is -2.33. The average Bonchev–Trinajstić information content (AvgIpc) is 2.73. The number of benzene rings is 1. The van der Waals surface area contributed by atoms with Crippen molar-refractivity contribution in [2.75, 3.05) is 17.7 Å². The van der Waals surface area contributed by atoms with Crippen molar-refractivity contribution in [3.63, 3.8) is 0 Å². The van der Waals surface area contributed by atoms with Crippen LogP contribution in [0.4, 0.5) is 5.82 Å². The lowest BCUT2D eigenvalue weighted by Gasteiger charge is -2.02. The molecule has 1 aromatic carbocycles. The Morgan fingerprint density at radius 3 is 2.55 bits per heavy atom. The van der Waals surface area contributed by atoms with Crippen LogP contribution in [-0.4, -0.2) is 30.2 Å². The summed E-state index contributed by atoms with van der Waals surface area (Å²) in [6.07, 6.45) is 1.15. The quantitative estimate of drug-likeness (QED) is 0.906. The third-order valence-corrected chi connectivity index (χ3v) is 3.75. The van der Waals surface area contributed by atoms with Gasteiger partial charge in [-0.1, -0.05) is 30.3 Å². The predicted octanol–water partition coefficient (Wildman–Crippen LogP) is 1.05. The van der Waals surface area contributed by atoms with E-state index >= 15 is 0 Å². The van der Waals surface area contributed by atoms with Crippen molar-refractivity contribution in [2.24, 2.45) is 0 Å². The lowest BCUT2D eigenvalue weighted by Crippen LogP contribution is -2.14. The molecule has 0 unspecified atom stereocenters. The Balaban J connectivity index is 2.43. The van der Waals surface area contributed by atoms with Crippen LogP contribution >= 0.6 is 0 Å². The molecular formula is C13H14N4O2S. The lowest BCUT2D eigenvalue weighted by atomic mass is 10.1. The number of nitrogens with two attached hydrogens (primary N) is 1. The van der Waals surface area contributed by atoms with Crippen molar-refractivity contribution < 1.29 is 8.42 Å². The van der Waals surface area contributed by atoms with E-state index in [4.69, 9.17) is 5.73 Å². The monoisotopic (exact) mass is 290 g/mol. The molecule has 2 N–H and O–H groups in total. The lowest BCUT2D eigenvalue weighted by molar-refractivity contribution is 0.588. The summed E-state index contributed by atoms with van der Waals surface area (Å²) >= 11 is 0. The number of hydrogen-bond donors (Lipinski definition) is 1. The van der Waals surface area contributed by atoms with Gasteiger partial charge in [0.2, 0.25) is 0 Å².